The van der Waals surface area contributed by atoms with E-state index in [2.05, 4.69) is 29.3 Å². The first-order valence-electron chi connectivity index (χ1n) is 10.8. The number of carbonyl (C=O) groups excluding carboxylic acids is 1. The second-order valence-electron chi connectivity index (χ2n) is 7.92. The molecule has 162 valence electrons. The molecule has 3 aromatic rings. The van der Waals surface area contributed by atoms with Gasteiger partial charge in [0.15, 0.2) is 5.16 Å². The minimum atomic E-state index is -0.286. The maximum absolute atomic E-state index is 13.5. The van der Waals surface area contributed by atoms with E-state index in [-0.39, 0.29) is 11.7 Å². The van der Waals surface area contributed by atoms with Crippen molar-refractivity contribution in [3.8, 4) is 5.69 Å². The first-order valence-corrected chi connectivity index (χ1v) is 11.8. The molecule has 5 nitrogen and oxygen atoms in total. The van der Waals surface area contributed by atoms with Crippen LogP contribution in [0.4, 0.5) is 4.39 Å². The molecule has 4 rings (SSSR count). The molecule has 1 fully saturated rings. The molecule has 0 aliphatic carbocycles. The van der Waals surface area contributed by atoms with Crippen LogP contribution in [0.25, 0.3) is 5.69 Å². The van der Waals surface area contributed by atoms with Crippen molar-refractivity contribution >= 4 is 17.7 Å². The third-order valence-electron chi connectivity index (χ3n) is 5.71. The molecule has 2 heterocycles. The number of hydrogen-bond donors (Lipinski definition) is 0. The Hall–Kier alpha value is -2.67. The quantitative estimate of drug-likeness (QED) is 0.503. The van der Waals surface area contributed by atoms with Gasteiger partial charge in [-0.25, -0.2) is 4.39 Å². The molecule has 1 aliphatic heterocycles. The molecule has 0 spiro atoms. The summed E-state index contributed by atoms with van der Waals surface area (Å²) in [4.78, 5) is 14.8. The van der Waals surface area contributed by atoms with E-state index in [9.17, 15) is 9.18 Å². The molecule has 0 saturated carbocycles. The number of nitrogens with zero attached hydrogens (tertiary/aromatic N) is 4. The fraction of sp³-hybridized carbons (Fsp3) is 0.375. The third kappa shape index (κ3) is 5.34. The van der Waals surface area contributed by atoms with Crippen LogP contribution in [-0.2, 0) is 17.6 Å². The van der Waals surface area contributed by atoms with Crippen LogP contribution in [0.5, 0.6) is 0 Å². The summed E-state index contributed by atoms with van der Waals surface area (Å²) in [5, 5.41) is 9.44. The second kappa shape index (κ2) is 10.1. The van der Waals surface area contributed by atoms with Gasteiger partial charge < -0.3 is 4.90 Å². The average Bonchev–Trinajstić information content (AvgIpc) is 3.20. The molecule has 31 heavy (non-hydrogen) atoms. The first kappa shape index (κ1) is 21.6. The number of thioether (sulfide) groups is 1. The number of carbonyl (C=O) groups is 1. The first-order chi connectivity index (χ1) is 15.1. The summed E-state index contributed by atoms with van der Waals surface area (Å²) in [6.45, 7) is 2.94. The molecule has 0 bridgehead atoms. The zero-order valence-corrected chi connectivity index (χ0v) is 18.5. The van der Waals surface area contributed by atoms with Gasteiger partial charge in [0.1, 0.15) is 11.6 Å². The molecule has 0 unspecified atom stereocenters. The highest BCUT2D eigenvalue weighted by molar-refractivity contribution is 7.99. The minimum Gasteiger partial charge on any atom is -0.339 e. The Morgan fingerprint density at radius 1 is 1.06 bits per heavy atom. The maximum atomic E-state index is 13.5. The molecule has 0 N–H and O–H groups in total. The molecule has 1 saturated heterocycles. The van der Waals surface area contributed by atoms with Gasteiger partial charge in [-0.1, -0.05) is 42.1 Å². The van der Waals surface area contributed by atoms with Crippen molar-refractivity contribution in [1.82, 2.24) is 19.7 Å². The van der Waals surface area contributed by atoms with Gasteiger partial charge in [-0.05, 0) is 62.4 Å². The van der Waals surface area contributed by atoms with Crippen LogP contribution in [0, 0.1) is 5.82 Å². The standard InChI is InChI=1S/C24H27FN4OS/c1-18-7-5-6-16-28(18)23(30)17-31-24-27-26-22(15-10-19-8-3-2-4-9-19)29(24)21-13-11-20(25)12-14-21/h2-4,8-9,11-14,18H,5-7,10,15-17H2,1H3/t18-/m1/s1. The van der Waals surface area contributed by atoms with E-state index in [1.165, 1.54) is 35.9 Å². The van der Waals surface area contributed by atoms with Crippen LogP contribution >= 0.6 is 11.8 Å². The molecular weight excluding hydrogens is 411 g/mol. The van der Waals surface area contributed by atoms with Gasteiger partial charge in [-0.2, -0.15) is 0 Å². The summed E-state index contributed by atoms with van der Waals surface area (Å²) in [6.07, 6.45) is 4.84. The van der Waals surface area contributed by atoms with Gasteiger partial charge in [-0.15, -0.1) is 10.2 Å². The number of halogens is 1. The van der Waals surface area contributed by atoms with Crippen LogP contribution < -0.4 is 0 Å². The van der Waals surface area contributed by atoms with Gasteiger partial charge in [-0.3, -0.25) is 9.36 Å². The SMILES string of the molecule is C[C@@H]1CCCCN1C(=O)CSc1nnc(CCc2ccccc2)n1-c1ccc(F)cc1. The van der Waals surface area contributed by atoms with Crippen molar-refractivity contribution in [1.29, 1.82) is 0 Å². The molecular formula is C24H27FN4OS. The van der Waals surface area contributed by atoms with E-state index in [4.69, 9.17) is 0 Å². The monoisotopic (exact) mass is 438 g/mol. The number of aromatic nitrogens is 3. The van der Waals surface area contributed by atoms with E-state index in [0.29, 0.717) is 23.4 Å². The van der Waals surface area contributed by atoms with Crippen LogP contribution in [0.15, 0.2) is 59.8 Å². The zero-order chi connectivity index (χ0) is 21.6. The van der Waals surface area contributed by atoms with Crippen molar-refractivity contribution in [3.05, 3.63) is 71.8 Å². The topological polar surface area (TPSA) is 51.0 Å². The Kier molecular flexibility index (Phi) is 7.02. The predicted octanol–water partition coefficient (Wildman–Crippen LogP) is 4.68. The zero-order valence-electron chi connectivity index (χ0n) is 17.7. The van der Waals surface area contributed by atoms with E-state index >= 15 is 0 Å². The number of benzene rings is 2. The van der Waals surface area contributed by atoms with E-state index in [1.807, 2.05) is 27.7 Å². The number of rotatable bonds is 7. The van der Waals surface area contributed by atoms with Crippen LogP contribution in [0.2, 0.25) is 0 Å². The number of hydrogen-bond acceptors (Lipinski definition) is 4. The van der Waals surface area contributed by atoms with Gasteiger partial charge in [0.2, 0.25) is 5.91 Å². The van der Waals surface area contributed by atoms with E-state index < -0.39 is 0 Å². The smallest absolute Gasteiger partial charge is 0.233 e. The lowest BCUT2D eigenvalue weighted by Crippen LogP contribution is -2.42. The average molecular weight is 439 g/mol. The van der Waals surface area contributed by atoms with Crippen LogP contribution in [0.1, 0.15) is 37.6 Å². The van der Waals surface area contributed by atoms with Gasteiger partial charge >= 0.3 is 0 Å². The fourth-order valence-corrected chi connectivity index (χ4v) is 4.84. The molecule has 1 amide bonds. The highest BCUT2D eigenvalue weighted by atomic mass is 32.2. The van der Waals surface area contributed by atoms with Crippen molar-refractivity contribution < 1.29 is 9.18 Å². The van der Waals surface area contributed by atoms with Gasteiger partial charge in [0, 0.05) is 24.7 Å². The summed E-state index contributed by atoms with van der Waals surface area (Å²) < 4.78 is 15.4. The molecule has 1 atom stereocenters. The van der Waals surface area contributed by atoms with Gasteiger partial charge in [0.05, 0.1) is 5.75 Å². The van der Waals surface area contributed by atoms with Crippen LogP contribution in [0.3, 0.4) is 0 Å². The van der Waals surface area contributed by atoms with Gasteiger partial charge in [0.25, 0.3) is 0 Å². The number of likely N-dealkylation sites (tertiary alicyclic amines) is 1. The molecule has 1 aromatic heterocycles. The molecule has 1 aliphatic rings. The summed E-state index contributed by atoms with van der Waals surface area (Å²) >= 11 is 1.40. The summed E-state index contributed by atoms with van der Waals surface area (Å²) in [7, 11) is 0. The lowest BCUT2D eigenvalue weighted by Gasteiger charge is -2.33. The second-order valence-corrected chi connectivity index (χ2v) is 8.86. The van der Waals surface area contributed by atoms with Crippen molar-refractivity contribution in [2.24, 2.45) is 0 Å². The predicted molar refractivity (Wildman–Crippen MR) is 121 cm³/mol. The molecule has 2 aromatic carbocycles. The summed E-state index contributed by atoms with van der Waals surface area (Å²) in [5.74, 6) is 0.974. The minimum absolute atomic E-state index is 0.136. The molecule has 7 heteroatoms. The number of aryl methyl sites for hydroxylation is 2. The lowest BCUT2D eigenvalue weighted by molar-refractivity contribution is -0.131. The highest BCUT2D eigenvalue weighted by Gasteiger charge is 2.24. The number of amides is 1. The fourth-order valence-electron chi connectivity index (χ4n) is 3.98. The van der Waals surface area contributed by atoms with E-state index in [1.54, 1.807) is 12.1 Å². The maximum Gasteiger partial charge on any atom is 0.233 e. The Morgan fingerprint density at radius 2 is 1.84 bits per heavy atom. The van der Waals surface area contributed by atoms with Crippen molar-refractivity contribution in [2.75, 3.05) is 12.3 Å². The highest BCUT2D eigenvalue weighted by Crippen LogP contribution is 2.25. The van der Waals surface area contributed by atoms with Crippen LogP contribution in [-0.4, -0.2) is 43.9 Å². The third-order valence-corrected chi connectivity index (χ3v) is 6.63. The summed E-state index contributed by atoms with van der Waals surface area (Å²) in [5.41, 5.74) is 2.02. The Bertz CT molecular complexity index is 1010. The molecule has 0 radical (unpaired) electrons. The van der Waals surface area contributed by atoms with Crippen molar-refractivity contribution in [2.45, 2.75) is 50.2 Å². The lowest BCUT2D eigenvalue weighted by atomic mass is 10.0. The Balaban J connectivity index is 1.53. The van der Waals surface area contributed by atoms with E-state index in [0.717, 1.165) is 37.3 Å². The largest absolute Gasteiger partial charge is 0.339 e. The Labute approximate surface area is 186 Å². The normalized spacial score (nSPS) is 16.5. The van der Waals surface area contributed by atoms with Crippen molar-refractivity contribution in [3.63, 3.8) is 0 Å². The Morgan fingerprint density at radius 3 is 2.58 bits per heavy atom. The number of piperidine rings is 1. The summed E-state index contributed by atoms with van der Waals surface area (Å²) in [6, 6.07) is 16.8.